The van der Waals surface area contributed by atoms with E-state index in [9.17, 15) is 0 Å². The van der Waals surface area contributed by atoms with Gasteiger partial charge in [-0.15, -0.1) is 0 Å². The molecule has 21 heavy (non-hydrogen) atoms. The van der Waals surface area contributed by atoms with Gasteiger partial charge in [-0.1, -0.05) is 29.8 Å². The summed E-state index contributed by atoms with van der Waals surface area (Å²) >= 11 is 0. The maximum absolute atomic E-state index is 5.80. The lowest BCUT2D eigenvalue weighted by molar-refractivity contribution is 0.307. The molecule has 1 aromatic carbocycles. The van der Waals surface area contributed by atoms with Crippen molar-refractivity contribution in [2.24, 2.45) is 11.7 Å². The van der Waals surface area contributed by atoms with E-state index >= 15 is 0 Å². The molecule has 0 spiro atoms. The number of nitrogens with zero attached hydrogens (tertiary/aromatic N) is 2. The normalized spacial score (nSPS) is 21.6. The van der Waals surface area contributed by atoms with Crippen LogP contribution in [0, 0.1) is 5.92 Å². The van der Waals surface area contributed by atoms with Crippen LogP contribution in [-0.2, 0) is 6.42 Å². The van der Waals surface area contributed by atoms with E-state index in [2.05, 4.69) is 10.1 Å². The van der Waals surface area contributed by atoms with E-state index < -0.39 is 0 Å². The first-order chi connectivity index (χ1) is 10.4. The standard InChI is InChI=1S/C16H21N3O2/c17-11-12-5-4-8-14(12)16-18-15(19-21-16)9-10-20-13-6-2-1-3-7-13/h1-3,6-7,12,14H,4-5,8-11,17H2. The first-order valence-corrected chi connectivity index (χ1v) is 7.57. The van der Waals surface area contributed by atoms with Gasteiger partial charge in [0.25, 0.3) is 0 Å². The van der Waals surface area contributed by atoms with E-state index in [0.717, 1.165) is 24.5 Å². The molecule has 0 amide bonds. The number of hydrogen-bond donors (Lipinski definition) is 1. The molecule has 2 unspecified atom stereocenters. The smallest absolute Gasteiger partial charge is 0.230 e. The second kappa shape index (κ2) is 6.72. The molecule has 0 bridgehead atoms. The molecule has 1 heterocycles. The molecule has 1 fully saturated rings. The number of ether oxygens (including phenoxy) is 1. The highest BCUT2D eigenvalue weighted by molar-refractivity contribution is 5.20. The van der Waals surface area contributed by atoms with Crippen molar-refractivity contribution < 1.29 is 9.26 Å². The summed E-state index contributed by atoms with van der Waals surface area (Å²) in [5.74, 6) is 3.15. The molecule has 112 valence electrons. The van der Waals surface area contributed by atoms with Crippen LogP contribution in [0.2, 0.25) is 0 Å². The van der Waals surface area contributed by atoms with Crippen molar-refractivity contribution in [1.29, 1.82) is 0 Å². The van der Waals surface area contributed by atoms with Crippen LogP contribution in [0.3, 0.4) is 0 Å². The van der Waals surface area contributed by atoms with E-state index in [-0.39, 0.29) is 0 Å². The van der Waals surface area contributed by atoms with Gasteiger partial charge in [-0.05, 0) is 37.4 Å². The minimum Gasteiger partial charge on any atom is -0.493 e. The Hall–Kier alpha value is -1.88. The molecule has 1 aromatic heterocycles. The van der Waals surface area contributed by atoms with Crippen LogP contribution in [0.25, 0.3) is 0 Å². The molecule has 0 radical (unpaired) electrons. The van der Waals surface area contributed by atoms with Crippen molar-refractivity contribution in [3.63, 3.8) is 0 Å². The maximum Gasteiger partial charge on any atom is 0.230 e. The zero-order valence-electron chi connectivity index (χ0n) is 12.1. The Morgan fingerprint density at radius 2 is 2.10 bits per heavy atom. The Morgan fingerprint density at radius 3 is 2.90 bits per heavy atom. The summed E-state index contributed by atoms with van der Waals surface area (Å²) in [6.45, 7) is 1.24. The van der Waals surface area contributed by atoms with Crippen molar-refractivity contribution in [1.82, 2.24) is 10.1 Å². The fourth-order valence-electron chi connectivity index (χ4n) is 2.94. The van der Waals surface area contributed by atoms with Gasteiger partial charge in [-0.25, -0.2) is 0 Å². The fraction of sp³-hybridized carbons (Fsp3) is 0.500. The highest BCUT2D eigenvalue weighted by Crippen LogP contribution is 2.38. The molecule has 1 saturated carbocycles. The summed E-state index contributed by atoms with van der Waals surface area (Å²) in [5.41, 5.74) is 5.80. The average molecular weight is 287 g/mol. The Bertz CT molecular complexity index is 556. The Morgan fingerprint density at radius 1 is 1.24 bits per heavy atom. The number of aromatic nitrogens is 2. The molecule has 5 heteroatoms. The monoisotopic (exact) mass is 287 g/mol. The number of rotatable bonds is 6. The van der Waals surface area contributed by atoms with Gasteiger partial charge in [0.1, 0.15) is 5.75 Å². The summed E-state index contributed by atoms with van der Waals surface area (Å²) in [6.07, 6.45) is 4.11. The third-order valence-electron chi connectivity index (χ3n) is 4.10. The number of nitrogens with two attached hydrogens (primary N) is 1. The summed E-state index contributed by atoms with van der Waals surface area (Å²) in [6, 6.07) is 9.75. The van der Waals surface area contributed by atoms with Gasteiger partial charge in [0, 0.05) is 12.3 Å². The largest absolute Gasteiger partial charge is 0.493 e. The number of benzene rings is 1. The molecule has 0 saturated heterocycles. The van der Waals surface area contributed by atoms with Gasteiger partial charge in [0.2, 0.25) is 5.89 Å². The van der Waals surface area contributed by atoms with Gasteiger partial charge >= 0.3 is 0 Å². The lowest BCUT2D eigenvalue weighted by atomic mass is 9.96. The quantitative estimate of drug-likeness (QED) is 0.883. The SMILES string of the molecule is NCC1CCCC1c1nc(CCOc2ccccc2)no1. The van der Waals surface area contributed by atoms with E-state index in [0.29, 0.717) is 37.2 Å². The van der Waals surface area contributed by atoms with Crippen molar-refractivity contribution in [3.05, 3.63) is 42.0 Å². The number of para-hydroxylation sites is 1. The van der Waals surface area contributed by atoms with Crippen molar-refractivity contribution >= 4 is 0 Å². The van der Waals surface area contributed by atoms with Gasteiger partial charge < -0.3 is 15.0 Å². The minimum absolute atomic E-state index is 0.339. The topological polar surface area (TPSA) is 74.2 Å². The van der Waals surface area contributed by atoms with Crippen molar-refractivity contribution in [2.75, 3.05) is 13.2 Å². The average Bonchev–Trinajstić information content (AvgIpc) is 3.16. The minimum atomic E-state index is 0.339. The van der Waals surface area contributed by atoms with Gasteiger partial charge in [-0.3, -0.25) is 0 Å². The summed E-state index contributed by atoms with van der Waals surface area (Å²) in [4.78, 5) is 4.51. The zero-order valence-corrected chi connectivity index (χ0v) is 12.1. The summed E-state index contributed by atoms with van der Waals surface area (Å²) < 4.78 is 11.1. The Balaban J connectivity index is 1.53. The van der Waals surface area contributed by atoms with Crippen LogP contribution in [0.15, 0.2) is 34.9 Å². The van der Waals surface area contributed by atoms with Crippen LogP contribution in [0.1, 0.15) is 36.9 Å². The predicted molar refractivity (Wildman–Crippen MR) is 79.1 cm³/mol. The van der Waals surface area contributed by atoms with E-state index in [1.54, 1.807) is 0 Å². The first-order valence-electron chi connectivity index (χ1n) is 7.57. The van der Waals surface area contributed by atoms with Crippen molar-refractivity contribution in [3.8, 4) is 5.75 Å². The molecule has 0 aliphatic heterocycles. The van der Waals surface area contributed by atoms with Crippen LogP contribution >= 0.6 is 0 Å². The first kappa shape index (κ1) is 14.1. The molecule has 2 atom stereocenters. The third kappa shape index (κ3) is 3.42. The zero-order chi connectivity index (χ0) is 14.5. The summed E-state index contributed by atoms with van der Waals surface area (Å²) in [5, 5.41) is 4.05. The van der Waals surface area contributed by atoms with E-state index in [1.165, 1.54) is 6.42 Å². The third-order valence-corrected chi connectivity index (χ3v) is 4.10. The lowest BCUT2D eigenvalue weighted by Crippen LogP contribution is -2.17. The predicted octanol–water partition coefficient (Wildman–Crippen LogP) is 2.53. The molecule has 3 rings (SSSR count). The molecular formula is C16H21N3O2. The summed E-state index contributed by atoms with van der Waals surface area (Å²) in [7, 11) is 0. The van der Waals surface area contributed by atoms with Crippen LogP contribution in [-0.4, -0.2) is 23.3 Å². The maximum atomic E-state index is 5.80. The van der Waals surface area contributed by atoms with Gasteiger partial charge in [0.15, 0.2) is 5.82 Å². The van der Waals surface area contributed by atoms with Crippen molar-refractivity contribution in [2.45, 2.75) is 31.6 Å². The van der Waals surface area contributed by atoms with Crippen LogP contribution in [0.4, 0.5) is 0 Å². The second-order valence-corrected chi connectivity index (χ2v) is 5.49. The highest BCUT2D eigenvalue weighted by Gasteiger charge is 2.31. The van der Waals surface area contributed by atoms with E-state index in [4.69, 9.17) is 15.0 Å². The Kier molecular flexibility index (Phi) is 4.50. The van der Waals surface area contributed by atoms with Gasteiger partial charge in [-0.2, -0.15) is 4.98 Å². The molecule has 2 aromatic rings. The Labute approximate surface area is 124 Å². The van der Waals surface area contributed by atoms with Crippen LogP contribution in [0.5, 0.6) is 5.75 Å². The second-order valence-electron chi connectivity index (χ2n) is 5.49. The van der Waals surface area contributed by atoms with Gasteiger partial charge in [0.05, 0.1) is 6.61 Å². The fourth-order valence-corrected chi connectivity index (χ4v) is 2.94. The molecule has 1 aliphatic rings. The molecular weight excluding hydrogens is 266 g/mol. The number of hydrogen-bond acceptors (Lipinski definition) is 5. The molecule has 1 aliphatic carbocycles. The van der Waals surface area contributed by atoms with Crippen LogP contribution < -0.4 is 10.5 Å². The lowest BCUT2D eigenvalue weighted by Gasteiger charge is -2.12. The molecule has 5 nitrogen and oxygen atoms in total. The highest BCUT2D eigenvalue weighted by atomic mass is 16.5. The van der Waals surface area contributed by atoms with E-state index in [1.807, 2.05) is 30.3 Å². The molecule has 2 N–H and O–H groups in total.